The standard InChI is InChI=1S/C20H32N4O3/c1-5-21-19(24-16-14-8-12-27-17(14)20(16,3)4)23-10-6-9-22-18(25)15-13(2)7-11-26-15/h7,11,14,16-17H,5-6,8-10,12H2,1-4H3,(H,22,25)(H2,21,23,24). The van der Waals surface area contributed by atoms with Crippen LogP contribution >= 0.6 is 0 Å². The molecule has 1 saturated carbocycles. The van der Waals surface area contributed by atoms with E-state index in [1.54, 1.807) is 6.07 Å². The number of carbonyl (C=O) groups excluding carboxylic acids is 1. The molecule has 7 heteroatoms. The van der Waals surface area contributed by atoms with Gasteiger partial charge in [-0.1, -0.05) is 13.8 Å². The Labute approximate surface area is 161 Å². The molecule has 0 aromatic carbocycles. The lowest BCUT2D eigenvalue weighted by Crippen LogP contribution is -2.68. The lowest BCUT2D eigenvalue weighted by Gasteiger charge is -2.54. The van der Waals surface area contributed by atoms with E-state index in [2.05, 4.69) is 41.7 Å². The quantitative estimate of drug-likeness (QED) is 0.385. The predicted octanol–water partition coefficient (Wildman–Crippen LogP) is 2.08. The van der Waals surface area contributed by atoms with Gasteiger partial charge >= 0.3 is 0 Å². The van der Waals surface area contributed by atoms with Gasteiger partial charge in [-0.05, 0) is 32.8 Å². The monoisotopic (exact) mass is 376 g/mol. The Kier molecular flexibility index (Phi) is 6.09. The first-order valence-electron chi connectivity index (χ1n) is 9.94. The van der Waals surface area contributed by atoms with Crippen LogP contribution < -0.4 is 16.0 Å². The number of rotatable bonds is 7. The van der Waals surface area contributed by atoms with Crippen LogP contribution in [0.4, 0.5) is 0 Å². The number of amides is 1. The van der Waals surface area contributed by atoms with Crippen LogP contribution in [0.3, 0.4) is 0 Å². The maximum atomic E-state index is 12.0. The van der Waals surface area contributed by atoms with Gasteiger partial charge in [0.15, 0.2) is 11.7 Å². The van der Waals surface area contributed by atoms with E-state index in [0.717, 1.165) is 37.5 Å². The fourth-order valence-corrected chi connectivity index (χ4v) is 4.24. The molecule has 1 aliphatic carbocycles. The molecule has 0 spiro atoms. The molecule has 3 rings (SSSR count). The van der Waals surface area contributed by atoms with Crippen molar-refractivity contribution in [3.63, 3.8) is 0 Å². The van der Waals surface area contributed by atoms with Crippen molar-refractivity contribution < 1.29 is 13.9 Å². The molecular weight excluding hydrogens is 344 g/mol. The molecule has 3 N–H and O–H groups in total. The predicted molar refractivity (Wildman–Crippen MR) is 105 cm³/mol. The molecule has 1 amide bonds. The van der Waals surface area contributed by atoms with E-state index in [-0.39, 0.29) is 11.3 Å². The summed E-state index contributed by atoms with van der Waals surface area (Å²) in [5.41, 5.74) is 0.966. The molecule has 0 radical (unpaired) electrons. The number of fused-ring (bicyclic) bond motifs is 1. The van der Waals surface area contributed by atoms with Gasteiger partial charge in [0.25, 0.3) is 5.91 Å². The minimum Gasteiger partial charge on any atom is -0.459 e. The molecule has 7 nitrogen and oxygen atoms in total. The molecule has 1 aromatic rings. The summed E-state index contributed by atoms with van der Waals surface area (Å²) in [6.45, 7) is 11.3. The third-order valence-corrected chi connectivity index (χ3v) is 5.70. The Morgan fingerprint density at radius 1 is 1.37 bits per heavy atom. The van der Waals surface area contributed by atoms with Crippen LogP contribution in [0, 0.1) is 18.3 Å². The van der Waals surface area contributed by atoms with Crippen LogP contribution in [-0.4, -0.2) is 50.3 Å². The molecule has 3 atom stereocenters. The summed E-state index contributed by atoms with van der Waals surface area (Å²) < 4.78 is 11.1. The number of ether oxygens (including phenoxy) is 1. The fourth-order valence-electron chi connectivity index (χ4n) is 4.24. The lowest BCUT2D eigenvalue weighted by atomic mass is 9.57. The minimum absolute atomic E-state index is 0.117. The highest BCUT2D eigenvalue weighted by atomic mass is 16.5. The molecule has 2 aliphatic rings. The van der Waals surface area contributed by atoms with Crippen molar-refractivity contribution in [2.75, 3.05) is 26.2 Å². The third-order valence-electron chi connectivity index (χ3n) is 5.70. The zero-order chi connectivity index (χ0) is 19.4. The van der Waals surface area contributed by atoms with E-state index in [1.165, 1.54) is 6.26 Å². The van der Waals surface area contributed by atoms with E-state index < -0.39 is 0 Å². The average Bonchev–Trinajstić information content (AvgIpc) is 3.26. The van der Waals surface area contributed by atoms with Crippen molar-refractivity contribution in [3.8, 4) is 0 Å². The first kappa shape index (κ1) is 19.7. The van der Waals surface area contributed by atoms with Gasteiger partial charge < -0.3 is 25.1 Å². The average molecular weight is 377 g/mol. The Balaban J connectivity index is 1.45. The number of aliphatic imine (C=N–C) groups is 1. The molecular formula is C20H32N4O3. The first-order chi connectivity index (χ1) is 12.9. The summed E-state index contributed by atoms with van der Waals surface area (Å²) in [6.07, 6.45) is 3.78. The molecule has 0 bridgehead atoms. The summed E-state index contributed by atoms with van der Waals surface area (Å²) in [4.78, 5) is 16.7. The van der Waals surface area contributed by atoms with Crippen LogP contribution in [0.2, 0.25) is 0 Å². The van der Waals surface area contributed by atoms with E-state index >= 15 is 0 Å². The number of aryl methyl sites for hydroxylation is 1. The molecule has 2 fully saturated rings. The van der Waals surface area contributed by atoms with Crippen LogP contribution in [0.15, 0.2) is 21.7 Å². The number of nitrogens with one attached hydrogen (secondary N) is 3. The number of hydrogen-bond donors (Lipinski definition) is 3. The second-order valence-corrected chi connectivity index (χ2v) is 7.99. The van der Waals surface area contributed by atoms with Crippen LogP contribution in [0.1, 0.15) is 49.7 Å². The number of furan rings is 1. The van der Waals surface area contributed by atoms with Gasteiger partial charge in [0.05, 0.1) is 12.4 Å². The second kappa shape index (κ2) is 8.33. The zero-order valence-electron chi connectivity index (χ0n) is 16.8. The van der Waals surface area contributed by atoms with Crippen LogP contribution in [-0.2, 0) is 4.74 Å². The van der Waals surface area contributed by atoms with Gasteiger partial charge in [-0.25, -0.2) is 0 Å². The number of hydrogen-bond acceptors (Lipinski definition) is 4. The number of guanidine groups is 1. The fraction of sp³-hybridized carbons (Fsp3) is 0.700. The highest BCUT2D eigenvalue weighted by molar-refractivity contribution is 5.92. The smallest absolute Gasteiger partial charge is 0.287 e. The summed E-state index contributed by atoms with van der Waals surface area (Å²) in [5, 5.41) is 9.81. The summed E-state index contributed by atoms with van der Waals surface area (Å²) in [6, 6.07) is 2.17. The summed E-state index contributed by atoms with van der Waals surface area (Å²) >= 11 is 0. The van der Waals surface area contributed by atoms with E-state index in [4.69, 9.17) is 9.15 Å². The molecule has 1 saturated heterocycles. The van der Waals surface area contributed by atoms with E-state index in [0.29, 0.717) is 36.9 Å². The molecule has 1 aromatic heterocycles. The van der Waals surface area contributed by atoms with Crippen molar-refractivity contribution in [2.45, 2.75) is 52.7 Å². The summed E-state index contributed by atoms with van der Waals surface area (Å²) in [5.74, 6) is 1.62. The van der Waals surface area contributed by atoms with E-state index in [9.17, 15) is 4.79 Å². The topological polar surface area (TPSA) is 87.9 Å². The summed E-state index contributed by atoms with van der Waals surface area (Å²) in [7, 11) is 0. The van der Waals surface area contributed by atoms with Gasteiger partial charge in [-0.2, -0.15) is 0 Å². The number of nitrogens with zero attached hydrogens (tertiary/aromatic N) is 1. The van der Waals surface area contributed by atoms with Crippen molar-refractivity contribution in [1.29, 1.82) is 0 Å². The highest BCUT2D eigenvalue weighted by Crippen LogP contribution is 2.52. The van der Waals surface area contributed by atoms with Gasteiger partial charge in [0.2, 0.25) is 0 Å². The third kappa shape index (κ3) is 4.13. The molecule has 2 heterocycles. The number of carbonyl (C=O) groups is 1. The molecule has 3 unspecified atom stereocenters. The first-order valence-corrected chi connectivity index (χ1v) is 9.94. The Bertz CT molecular complexity index is 683. The van der Waals surface area contributed by atoms with Crippen LogP contribution in [0.5, 0.6) is 0 Å². The second-order valence-electron chi connectivity index (χ2n) is 7.99. The van der Waals surface area contributed by atoms with Gasteiger partial charge in [0.1, 0.15) is 0 Å². The van der Waals surface area contributed by atoms with E-state index in [1.807, 2.05) is 6.92 Å². The molecule has 150 valence electrons. The SMILES string of the molecule is CCNC(=NCCCNC(=O)c1occc1C)NC1C2CCOC2C1(C)C. The van der Waals surface area contributed by atoms with Gasteiger partial charge in [-0.3, -0.25) is 9.79 Å². The Hall–Kier alpha value is -2.02. The maximum Gasteiger partial charge on any atom is 0.287 e. The molecule has 27 heavy (non-hydrogen) atoms. The van der Waals surface area contributed by atoms with Crippen molar-refractivity contribution in [3.05, 3.63) is 23.7 Å². The Morgan fingerprint density at radius 2 is 2.19 bits per heavy atom. The molecule has 1 aliphatic heterocycles. The van der Waals surface area contributed by atoms with Crippen molar-refractivity contribution >= 4 is 11.9 Å². The normalized spacial score (nSPS) is 26.2. The largest absolute Gasteiger partial charge is 0.459 e. The van der Waals surface area contributed by atoms with Crippen molar-refractivity contribution in [2.24, 2.45) is 16.3 Å². The lowest BCUT2D eigenvalue weighted by molar-refractivity contribution is -0.106. The zero-order valence-corrected chi connectivity index (χ0v) is 16.8. The maximum absolute atomic E-state index is 12.0. The minimum atomic E-state index is -0.171. The van der Waals surface area contributed by atoms with Crippen molar-refractivity contribution in [1.82, 2.24) is 16.0 Å². The Morgan fingerprint density at radius 3 is 2.89 bits per heavy atom. The highest BCUT2D eigenvalue weighted by Gasteiger charge is 2.59. The van der Waals surface area contributed by atoms with Gasteiger partial charge in [-0.15, -0.1) is 0 Å². The van der Waals surface area contributed by atoms with Gasteiger partial charge in [0, 0.05) is 49.2 Å². The van der Waals surface area contributed by atoms with Crippen LogP contribution in [0.25, 0.3) is 0 Å².